The third-order valence-corrected chi connectivity index (χ3v) is 1.99. The number of carbonyl (C=O) groups is 1. The molecule has 0 aromatic carbocycles. The van der Waals surface area contributed by atoms with Crippen molar-refractivity contribution in [2.75, 3.05) is 7.11 Å². The topological polar surface area (TPSA) is 35.5 Å². The van der Waals surface area contributed by atoms with Crippen LogP contribution in [0, 0.1) is 0 Å². The fraction of sp³-hybridized carbons (Fsp3) is 0.727. The maximum absolute atomic E-state index is 11.2. The summed E-state index contributed by atoms with van der Waals surface area (Å²) in [6.45, 7) is 10.9. The molecule has 1 unspecified atom stereocenters. The third kappa shape index (κ3) is 5.02. The average Bonchev–Trinajstić information content (AvgIpc) is 2.02. The van der Waals surface area contributed by atoms with Crippen molar-refractivity contribution in [2.45, 2.75) is 45.8 Å². The zero-order valence-corrected chi connectivity index (χ0v) is 9.72. The van der Waals surface area contributed by atoms with Crippen LogP contribution >= 0.6 is 0 Å². The molecule has 0 aromatic rings. The van der Waals surface area contributed by atoms with E-state index in [-0.39, 0.29) is 17.7 Å². The zero-order chi connectivity index (χ0) is 11.4. The van der Waals surface area contributed by atoms with E-state index in [1.54, 1.807) is 14.0 Å². The van der Waals surface area contributed by atoms with Crippen molar-refractivity contribution >= 4 is 5.97 Å². The van der Waals surface area contributed by atoms with Crippen LogP contribution in [0.15, 0.2) is 12.2 Å². The molecule has 14 heavy (non-hydrogen) atoms. The zero-order valence-electron chi connectivity index (χ0n) is 9.72. The van der Waals surface area contributed by atoms with Crippen molar-refractivity contribution in [3.05, 3.63) is 12.2 Å². The molecule has 0 aliphatic heterocycles. The minimum Gasteiger partial charge on any atom is -0.459 e. The van der Waals surface area contributed by atoms with Gasteiger partial charge in [-0.2, -0.15) is 0 Å². The van der Waals surface area contributed by atoms with Gasteiger partial charge in [-0.3, -0.25) is 0 Å². The Morgan fingerprint density at radius 3 is 2.36 bits per heavy atom. The van der Waals surface area contributed by atoms with Gasteiger partial charge in [-0.05, 0) is 27.7 Å². The van der Waals surface area contributed by atoms with E-state index in [2.05, 4.69) is 6.58 Å². The Bertz CT molecular complexity index is 219. The van der Waals surface area contributed by atoms with E-state index in [4.69, 9.17) is 9.47 Å². The Labute approximate surface area is 86.1 Å². The fourth-order valence-electron chi connectivity index (χ4n) is 1.10. The molecule has 0 fully saturated rings. The van der Waals surface area contributed by atoms with Crippen molar-refractivity contribution in [1.29, 1.82) is 0 Å². The molecule has 0 radical (unpaired) electrons. The molecular formula is C11H20O3. The van der Waals surface area contributed by atoms with Gasteiger partial charge in [0.15, 0.2) is 0 Å². The quantitative estimate of drug-likeness (QED) is 0.504. The number of methoxy groups -OCH3 is 1. The Balaban J connectivity index is 4.05. The molecule has 0 saturated heterocycles. The van der Waals surface area contributed by atoms with Gasteiger partial charge in [-0.15, -0.1) is 0 Å². The van der Waals surface area contributed by atoms with Crippen LogP contribution in [0.25, 0.3) is 0 Å². The van der Waals surface area contributed by atoms with Crippen LogP contribution in [0.1, 0.15) is 34.1 Å². The highest BCUT2D eigenvalue weighted by molar-refractivity contribution is 5.87. The van der Waals surface area contributed by atoms with Gasteiger partial charge in [-0.25, -0.2) is 4.79 Å². The van der Waals surface area contributed by atoms with Crippen molar-refractivity contribution in [1.82, 2.24) is 0 Å². The maximum atomic E-state index is 11.2. The second kappa shape index (κ2) is 5.15. The van der Waals surface area contributed by atoms with E-state index in [0.717, 1.165) is 0 Å². The van der Waals surface area contributed by atoms with Gasteiger partial charge in [0.2, 0.25) is 0 Å². The lowest BCUT2D eigenvalue weighted by Crippen LogP contribution is -2.30. The van der Waals surface area contributed by atoms with Crippen LogP contribution in [0.4, 0.5) is 0 Å². The first-order valence-corrected chi connectivity index (χ1v) is 4.70. The molecule has 0 spiro atoms. The van der Waals surface area contributed by atoms with Gasteiger partial charge in [-0.1, -0.05) is 6.58 Å². The largest absolute Gasteiger partial charge is 0.459 e. The molecule has 3 heteroatoms. The van der Waals surface area contributed by atoms with E-state index >= 15 is 0 Å². The van der Waals surface area contributed by atoms with Crippen molar-refractivity contribution < 1.29 is 14.3 Å². The summed E-state index contributed by atoms with van der Waals surface area (Å²) in [4.78, 5) is 11.2. The maximum Gasteiger partial charge on any atom is 0.333 e. The summed E-state index contributed by atoms with van der Waals surface area (Å²) >= 11 is 0. The highest BCUT2D eigenvalue weighted by atomic mass is 16.5. The Kier molecular flexibility index (Phi) is 4.85. The minimum atomic E-state index is -0.343. The lowest BCUT2D eigenvalue weighted by molar-refractivity contribution is -0.146. The van der Waals surface area contributed by atoms with E-state index in [9.17, 15) is 4.79 Å². The minimum absolute atomic E-state index is 0.158. The number of esters is 1. The Morgan fingerprint density at radius 2 is 2.00 bits per heavy atom. The third-order valence-electron chi connectivity index (χ3n) is 1.99. The van der Waals surface area contributed by atoms with E-state index in [0.29, 0.717) is 12.0 Å². The second-order valence-electron chi connectivity index (χ2n) is 4.16. The lowest BCUT2D eigenvalue weighted by atomic mass is 10.0. The normalized spacial score (nSPS) is 13.5. The van der Waals surface area contributed by atoms with Crippen LogP contribution in [-0.4, -0.2) is 24.8 Å². The van der Waals surface area contributed by atoms with Gasteiger partial charge in [0, 0.05) is 19.1 Å². The SMILES string of the molecule is C=C(C)C(=O)OC(C)CC(C)(C)OC. The van der Waals surface area contributed by atoms with E-state index < -0.39 is 0 Å². The molecule has 82 valence electrons. The van der Waals surface area contributed by atoms with Crippen molar-refractivity contribution in [3.8, 4) is 0 Å². The summed E-state index contributed by atoms with van der Waals surface area (Å²) in [7, 11) is 1.65. The summed E-state index contributed by atoms with van der Waals surface area (Å²) < 4.78 is 10.4. The van der Waals surface area contributed by atoms with Gasteiger partial charge < -0.3 is 9.47 Å². The number of ether oxygens (including phenoxy) is 2. The molecular weight excluding hydrogens is 180 g/mol. The molecule has 0 aliphatic carbocycles. The monoisotopic (exact) mass is 200 g/mol. The summed E-state index contributed by atoms with van der Waals surface area (Å²) in [5, 5.41) is 0. The van der Waals surface area contributed by atoms with Gasteiger partial charge in [0.25, 0.3) is 0 Å². The van der Waals surface area contributed by atoms with Crippen LogP contribution in [-0.2, 0) is 14.3 Å². The van der Waals surface area contributed by atoms with Crippen LogP contribution in [0.2, 0.25) is 0 Å². The molecule has 0 N–H and O–H groups in total. The number of hydrogen-bond donors (Lipinski definition) is 0. The number of carbonyl (C=O) groups excluding carboxylic acids is 1. The summed E-state index contributed by atoms with van der Waals surface area (Å²) in [5.74, 6) is -0.343. The van der Waals surface area contributed by atoms with Gasteiger partial charge >= 0.3 is 5.97 Å². The van der Waals surface area contributed by atoms with Crippen LogP contribution < -0.4 is 0 Å². The Hall–Kier alpha value is -0.830. The highest BCUT2D eigenvalue weighted by Crippen LogP contribution is 2.17. The molecule has 0 saturated carbocycles. The fourth-order valence-corrected chi connectivity index (χ4v) is 1.10. The summed E-state index contributed by atoms with van der Waals surface area (Å²) in [6, 6.07) is 0. The standard InChI is InChI=1S/C11H20O3/c1-8(2)10(12)14-9(3)7-11(4,5)13-6/h9H,1,7H2,2-6H3. The van der Waals surface area contributed by atoms with Crippen molar-refractivity contribution in [2.24, 2.45) is 0 Å². The predicted molar refractivity (Wildman–Crippen MR) is 56.1 cm³/mol. The van der Waals surface area contributed by atoms with Gasteiger partial charge in [0.05, 0.1) is 5.60 Å². The number of rotatable bonds is 5. The van der Waals surface area contributed by atoms with Crippen LogP contribution in [0.3, 0.4) is 0 Å². The average molecular weight is 200 g/mol. The van der Waals surface area contributed by atoms with Gasteiger partial charge in [0.1, 0.15) is 6.10 Å². The second-order valence-corrected chi connectivity index (χ2v) is 4.16. The number of hydrogen-bond acceptors (Lipinski definition) is 3. The molecule has 0 aliphatic rings. The molecule has 1 atom stereocenters. The molecule has 0 heterocycles. The lowest BCUT2D eigenvalue weighted by Gasteiger charge is -2.26. The highest BCUT2D eigenvalue weighted by Gasteiger charge is 2.22. The summed E-state index contributed by atoms with van der Waals surface area (Å²) in [6.07, 6.45) is 0.511. The molecule has 0 bridgehead atoms. The Morgan fingerprint density at radius 1 is 1.50 bits per heavy atom. The first kappa shape index (κ1) is 13.2. The molecule has 0 aromatic heterocycles. The summed E-state index contributed by atoms with van der Waals surface area (Å²) in [5.41, 5.74) is 0.154. The molecule has 3 nitrogen and oxygen atoms in total. The smallest absolute Gasteiger partial charge is 0.333 e. The van der Waals surface area contributed by atoms with Crippen LogP contribution in [0.5, 0.6) is 0 Å². The predicted octanol–water partition coefficient (Wildman–Crippen LogP) is 2.31. The van der Waals surface area contributed by atoms with Crippen molar-refractivity contribution in [3.63, 3.8) is 0 Å². The van der Waals surface area contributed by atoms with E-state index in [1.165, 1.54) is 0 Å². The molecule has 0 rings (SSSR count). The first-order valence-electron chi connectivity index (χ1n) is 4.70. The molecule has 0 amide bonds. The van der Waals surface area contributed by atoms with E-state index in [1.807, 2.05) is 20.8 Å². The first-order chi connectivity index (χ1) is 6.28.